The predicted octanol–water partition coefficient (Wildman–Crippen LogP) is 4.67. The number of hydrogen-bond donors (Lipinski definition) is 1. The van der Waals surface area contributed by atoms with Crippen LogP contribution in [0.5, 0.6) is 0 Å². The van der Waals surface area contributed by atoms with Gasteiger partial charge >= 0.3 is 0 Å². The molecular weight excluding hydrogens is 382 g/mol. The Morgan fingerprint density at radius 1 is 1.30 bits per heavy atom. The Balaban J connectivity index is 1.49. The number of hydrogen-bond acceptors (Lipinski definition) is 4. The van der Waals surface area contributed by atoms with Gasteiger partial charge < -0.3 is 9.73 Å². The number of fused-ring (bicyclic) bond motifs is 1. The van der Waals surface area contributed by atoms with Crippen LogP contribution in [0.1, 0.15) is 26.7 Å². The second-order valence-electron chi connectivity index (χ2n) is 6.28. The molecule has 3 heterocycles. The standard InChI is InChI=1S/C20H18ClN3O2S/c1-13-17-11-18(19(25)22-9-8-16-3-2-10-26-16)27-20(17)24(23-13)12-14-4-6-15(21)7-5-14/h2-7,10-11H,8-9,12H2,1H3,(H,22,25). The van der Waals surface area contributed by atoms with Crippen molar-refractivity contribution in [3.05, 3.63) is 75.6 Å². The molecule has 138 valence electrons. The maximum Gasteiger partial charge on any atom is 0.261 e. The van der Waals surface area contributed by atoms with Crippen LogP contribution in [-0.2, 0) is 13.0 Å². The highest BCUT2D eigenvalue weighted by atomic mass is 35.5. The third-order valence-corrected chi connectivity index (χ3v) is 5.71. The van der Waals surface area contributed by atoms with Crippen molar-refractivity contribution in [2.45, 2.75) is 19.9 Å². The molecule has 3 aromatic heterocycles. The third kappa shape index (κ3) is 3.91. The average molecular weight is 400 g/mol. The second kappa shape index (κ2) is 7.58. The minimum atomic E-state index is -0.0693. The lowest BCUT2D eigenvalue weighted by molar-refractivity contribution is 0.0958. The van der Waals surface area contributed by atoms with Gasteiger partial charge in [0, 0.05) is 23.4 Å². The Kier molecular flexibility index (Phi) is 5.01. The zero-order chi connectivity index (χ0) is 18.8. The van der Waals surface area contributed by atoms with Crippen LogP contribution in [-0.4, -0.2) is 22.2 Å². The van der Waals surface area contributed by atoms with Gasteiger partial charge in [0.05, 0.1) is 23.4 Å². The number of thiophene rings is 1. The lowest BCUT2D eigenvalue weighted by Gasteiger charge is -2.03. The largest absolute Gasteiger partial charge is 0.469 e. The van der Waals surface area contributed by atoms with Crippen molar-refractivity contribution >= 4 is 39.1 Å². The molecule has 0 bridgehead atoms. The van der Waals surface area contributed by atoms with E-state index in [9.17, 15) is 4.79 Å². The van der Waals surface area contributed by atoms with E-state index in [0.29, 0.717) is 29.4 Å². The fraction of sp³-hybridized carbons (Fsp3) is 0.200. The van der Waals surface area contributed by atoms with Gasteiger partial charge in [0.2, 0.25) is 0 Å². The molecule has 4 rings (SSSR count). The van der Waals surface area contributed by atoms with E-state index in [-0.39, 0.29) is 5.91 Å². The predicted molar refractivity (Wildman–Crippen MR) is 108 cm³/mol. The van der Waals surface area contributed by atoms with Gasteiger partial charge in [-0.25, -0.2) is 0 Å². The van der Waals surface area contributed by atoms with E-state index in [4.69, 9.17) is 16.0 Å². The van der Waals surface area contributed by atoms with Crippen LogP contribution in [0.25, 0.3) is 10.2 Å². The average Bonchev–Trinajstić information content (AvgIpc) is 3.37. The van der Waals surface area contributed by atoms with E-state index < -0.39 is 0 Å². The van der Waals surface area contributed by atoms with Gasteiger partial charge in [-0.1, -0.05) is 23.7 Å². The number of carbonyl (C=O) groups is 1. The molecule has 0 aliphatic rings. The number of benzene rings is 1. The van der Waals surface area contributed by atoms with E-state index in [0.717, 1.165) is 27.2 Å². The first-order valence-electron chi connectivity index (χ1n) is 8.62. The van der Waals surface area contributed by atoms with Gasteiger partial charge in [-0.2, -0.15) is 5.10 Å². The molecule has 1 N–H and O–H groups in total. The molecule has 1 aromatic carbocycles. The molecule has 0 atom stereocenters. The summed E-state index contributed by atoms with van der Waals surface area (Å²) in [5, 5.41) is 9.30. The van der Waals surface area contributed by atoms with Crippen molar-refractivity contribution < 1.29 is 9.21 Å². The fourth-order valence-electron chi connectivity index (χ4n) is 2.94. The van der Waals surface area contributed by atoms with Crippen LogP contribution >= 0.6 is 22.9 Å². The zero-order valence-corrected chi connectivity index (χ0v) is 16.3. The van der Waals surface area contributed by atoms with Gasteiger partial charge in [-0.15, -0.1) is 11.3 Å². The molecular formula is C20H18ClN3O2S. The molecule has 0 fully saturated rings. The highest BCUT2D eigenvalue weighted by Gasteiger charge is 2.16. The van der Waals surface area contributed by atoms with Crippen LogP contribution in [0.4, 0.5) is 0 Å². The lowest BCUT2D eigenvalue weighted by Crippen LogP contribution is -2.24. The number of halogens is 1. The smallest absolute Gasteiger partial charge is 0.261 e. The number of nitrogens with one attached hydrogen (secondary N) is 1. The summed E-state index contributed by atoms with van der Waals surface area (Å²) in [5.41, 5.74) is 2.03. The number of nitrogens with zero attached hydrogens (tertiary/aromatic N) is 2. The maximum absolute atomic E-state index is 12.5. The molecule has 1 amide bonds. The Morgan fingerprint density at radius 3 is 2.85 bits per heavy atom. The van der Waals surface area contributed by atoms with Crippen molar-refractivity contribution in [3.8, 4) is 0 Å². The second-order valence-corrected chi connectivity index (χ2v) is 7.75. The molecule has 0 aliphatic heterocycles. The van der Waals surface area contributed by atoms with Crippen LogP contribution in [0.3, 0.4) is 0 Å². The van der Waals surface area contributed by atoms with Gasteiger partial charge in [-0.3, -0.25) is 9.48 Å². The fourth-order valence-corrected chi connectivity index (χ4v) is 4.14. The molecule has 5 nitrogen and oxygen atoms in total. The molecule has 4 aromatic rings. The molecule has 0 spiro atoms. The summed E-state index contributed by atoms with van der Waals surface area (Å²) in [5.74, 6) is 0.793. The van der Waals surface area contributed by atoms with Crippen molar-refractivity contribution in [2.24, 2.45) is 0 Å². The Labute approximate surface area is 165 Å². The van der Waals surface area contributed by atoms with E-state index >= 15 is 0 Å². The highest BCUT2D eigenvalue weighted by Crippen LogP contribution is 2.29. The number of amides is 1. The summed E-state index contributed by atoms with van der Waals surface area (Å²) in [4.78, 5) is 14.2. The van der Waals surface area contributed by atoms with Crippen LogP contribution in [0.2, 0.25) is 5.02 Å². The summed E-state index contributed by atoms with van der Waals surface area (Å²) >= 11 is 7.42. The van der Waals surface area contributed by atoms with Gasteiger partial charge in [-0.05, 0) is 42.8 Å². The molecule has 27 heavy (non-hydrogen) atoms. The SMILES string of the molecule is Cc1nn(Cc2ccc(Cl)cc2)c2sc(C(=O)NCCc3ccco3)cc12. The first-order chi connectivity index (χ1) is 13.1. The highest BCUT2D eigenvalue weighted by molar-refractivity contribution is 7.20. The quantitative estimate of drug-likeness (QED) is 0.512. The number of aryl methyl sites for hydroxylation is 1. The Hall–Kier alpha value is -2.57. The van der Waals surface area contributed by atoms with Gasteiger partial charge in [0.25, 0.3) is 5.91 Å². The summed E-state index contributed by atoms with van der Waals surface area (Å²) in [7, 11) is 0. The van der Waals surface area contributed by atoms with Gasteiger partial charge in [0.1, 0.15) is 10.6 Å². The lowest BCUT2D eigenvalue weighted by atomic mass is 10.2. The van der Waals surface area contributed by atoms with E-state index in [1.54, 1.807) is 6.26 Å². The van der Waals surface area contributed by atoms with Gasteiger partial charge in [0.15, 0.2) is 0 Å². The number of carbonyl (C=O) groups excluding carboxylic acids is 1. The number of aromatic nitrogens is 2. The van der Waals surface area contributed by atoms with E-state index in [1.807, 2.05) is 54.1 Å². The summed E-state index contributed by atoms with van der Waals surface area (Å²) < 4.78 is 7.23. The van der Waals surface area contributed by atoms with Crippen LogP contribution in [0, 0.1) is 6.92 Å². The number of rotatable bonds is 6. The van der Waals surface area contributed by atoms with Crippen molar-refractivity contribution in [3.63, 3.8) is 0 Å². The molecule has 0 radical (unpaired) electrons. The van der Waals surface area contributed by atoms with Crippen molar-refractivity contribution in [1.82, 2.24) is 15.1 Å². The van der Waals surface area contributed by atoms with Crippen molar-refractivity contribution in [1.29, 1.82) is 0 Å². The monoisotopic (exact) mass is 399 g/mol. The minimum absolute atomic E-state index is 0.0693. The number of furan rings is 1. The van der Waals surface area contributed by atoms with Crippen LogP contribution in [0.15, 0.2) is 53.1 Å². The maximum atomic E-state index is 12.5. The molecule has 0 saturated heterocycles. The molecule has 0 unspecified atom stereocenters. The Bertz CT molecular complexity index is 1060. The topological polar surface area (TPSA) is 60.1 Å². The summed E-state index contributed by atoms with van der Waals surface area (Å²) in [6.45, 7) is 3.14. The minimum Gasteiger partial charge on any atom is -0.469 e. The van der Waals surface area contributed by atoms with E-state index in [2.05, 4.69) is 10.4 Å². The van der Waals surface area contributed by atoms with Crippen molar-refractivity contribution in [2.75, 3.05) is 6.54 Å². The normalized spacial score (nSPS) is 11.2. The Morgan fingerprint density at radius 2 is 2.11 bits per heavy atom. The molecule has 0 saturated carbocycles. The molecule has 0 aliphatic carbocycles. The molecule has 7 heteroatoms. The van der Waals surface area contributed by atoms with Crippen LogP contribution < -0.4 is 5.32 Å². The van der Waals surface area contributed by atoms with E-state index in [1.165, 1.54) is 11.3 Å². The summed E-state index contributed by atoms with van der Waals surface area (Å²) in [6.07, 6.45) is 2.31. The first kappa shape index (κ1) is 17.8. The first-order valence-corrected chi connectivity index (χ1v) is 9.81. The third-order valence-electron chi connectivity index (χ3n) is 4.31. The zero-order valence-electron chi connectivity index (χ0n) is 14.7. The summed E-state index contributed by atoms with van der Waals surface area (Å²) in [6, 6.07) is 13.4.